The molecule has 7 nitrogen and oxygen atoms in total. The summed E-state index contributed by atoms with van der Waals surface area (Å²) >= 11 is 1.33. The van der Waals surface area contributed by atoms with Crippen LogP contribution < -0.4 is 10.9 Å². The van der Waals surface area contributed by atoms with E-state index in [1.807, 2.05) is 41.0 Å². The summed E-state index contributed by atoms with van der Waals surface area (Å²) in [5.74, 6) is 0.0849. The highest BCUT2D eigenvalue weighted by molar-refractivity contribution is 7.99. The Balaban J connectivity index is 1.35. The Labute approximate surface area is 190 Å². The number of benzene rings is 2. The third-order valence-corrected chi connectivity index (χ3v) is 6.05. The van der Waals surface area contributed by atoms with E-state index in [0.717, 1.165) is 11.3 Å². The van der Waals surface area contributed by atoms with Crippen molar-refractivity contribution in [1.29, 1.82) is 0 Å². The second-order valence-corrected chi connectivity index (χ2v) is 8.40. The van der Waals surface area contributed by atoms with Gasteiger partial charge in [-0.3, -0.25) is 14.2 Å². The molecule has 0 aliphatic carbocycles. The Bertz CT molecular complexity index is 1290. The van der Waals surface area contributed by atoms with Gasteiger partial charge in [0.05, 0.1) is 12.3 Å². The molecule has 0 fully saturated rings. The Morgan fingerprint density at radius 1 is 1.03 bits per heavy atom. The van der Waals surface area contributed by atoms with Crippen molar-refractivity contribution in [2.75, 3.05) is 11.1 Å². The first-order chi connectivity index (χ1) is 15.5. The van der Waals surface area contributed by atoms with Crippen molar-refractivity contribution in [3.63, 3.8) is 0 Å². The topological polar surface area (TPSA) is 81.8 Å². The van der Waals surface area contributed by atoms with Gasteiger partial charge in [0.2, 0.25) is 5.91 Å². The van der Waals surface area contributed by atoms with E-state index >= 15 is 0 Å². The molecule has 2 aromatic carbocycles. The fourth-order valence-electron chi connectivity index (χ4n) is 3.18. The normalized spacial score (nSPS) is 10.8. The van der Waals surface area contributed by atoms with Gasteiger partial charge in [0.15, 0.2) is 5.16 Å². The second-order valence-electron chi connectivity index (χ2n) is 7.45. The highest BCUT2D eigenvalue weighted by Crippen LogP contribution is 2.21. The molecule has 4 rings (SSSR count). The fraction of sp³-hybridized carbons (Fsp3) is 0.167. The molecule has 0 saturated carbocycles. The summed E-state index contributed by atoms with van der Waals surface area (Å²) in [6.45, 7) is 4.62. The summed E-state index contributed by atoms with van der Waals surface area (Å²) in [6, 6.07) is 18.7. The molecule has 2 aromatic heterocycles. The number of aryl methyl sites for hydroxylation is 2. The van der Waals surface area contributed by atoms with Gasteiger partial charge in [-0.15, -0.1) is 10.2 Å². The van der Waals surface area contributed by atoms with Crippen molar-refractivity contribution in [2.45, 2.75) is 25.5 Å². The zero-order valence-electron chi connectivity index (χ0n) is 17.9. The first-order valence-corrected chi connectivity index (χ1v) is 11.1. The van der Waals surface area contributed by atoms with Gasteiger partial charge in [0.1, 0.15) is 6.33 Å². The number of carbonyl (C=O) groups is 1. The molecule has 0 bridgehead atoms. The van der Waals surface area contributed by atoms with Crippen LogP contribution in [0, 0.1) is 13.8 Å². The van der Waals surface area contributed by atoms with Crippen LogP contribution in [-0.2, 0) is 11.3 Å². The summed E-state index contributed by atoms with van der Waals surface area (Å²) in [6.07, 6.45) is 3.41. The Hall–Kier alpha value is -3.65. The van der Waals surface area contributed by atoms with E-state index in [9.17, 15) is 9.59 Å². The largest absolute Gasteiger partial charge is 0.325 e. The van der Waals surface area contributed by atoms with Crippen LogP contribution in [0.5, 0.6) is 0 Å². The first kappa shape index (κ1) is 21.6. The van der Waals surface area contributed by atoms with Gasteiger partial charge in [-0.1, -0.05) is 36.0 Å². The maximum atomic E-state index is 12.4. The minimum Gasteiger partial charge on any atom is -0.325 e. The van der Waals surface area contributed by atoms with Crippen molar-refractivity contribution in [2.24, 2.45) is 0 Å². The molecule has 0 radical (unpaired) electrons. The average Bonchev–Trinajstić information content (AvgIpc) is 3.26. The molecule has 1 amide bonds. The van der Waals surface area contributed by atoms with Gasteiger partial charge >= 0.3 is 0 Å². The molecule has 1 N–H and O–H groups in total. The minimum absolute atomic E-state index is 0.0458. The molecule has 0 aliphatic heterocycles. The van der Waals surface area contributed by atoms with Crippen LogP contribution in [0.15, 0.2) is 83.1 Å². The summed E-state index contributed by atoms with van der Waals surface area (Å²) in [4.78, 5) is 24.3. The van der Waals surface area contributed by atoms with Crippen LogP contribution in [0.3, 0.4) is 0 Å². The van der Waals surface area contributed by atoms with Crippen LogP contribution in [0.4, 0.5) is 5.69 Å². The maximum absolute atomic E-state index is 12.4. The van der Waals surface area contributed by atoms with Gasteiger partial charge < -0.3 is 9.88 Å². The number of rotatable bonds is 7. The van der Waals surface area contributed by atoms with Crippen molar-refractivity contribution in [3.05, 3.63) is 100 Å². The van der Waals surface area contributed by atoms with Gasteiger partial charge in [-0.2, -0.15) is 0 Å². The molecular formula is C24H23N5O2S. The first-order valence-electron chi connectivity index (χ1n) is 10.1. The lowest BCUT2D eigenvalue weighted by atomic mass is 10.1. The van der Waals surface area contributed by atoms with Crippen molar-refractivity contribution < 1.29 is 4.79 Å². The summed E-state index contributed by atoms with van der Waals surface area (Å²) < 4.78 is 3.51. The minimum atomic E-state index is -0.128. The number of nitrogens with one attached hydrogen (secondary N) is 1. The Morgan fingerprint density at radius 3 is 2.59 bits per heavy atom. The maximum Gasteiger partial charge on any atom is 0.250 e. The van der Waals surface area contributed by atoms with Gasteiger partial charge in [0.25, 0.3) is 5.56 Å². The van der Waals surface area contributed by atoms with Crippen LogP contribution in [0.2, 0.25) is 0 Å². The Morgan fingerprint density at radius 2 is 1.84 bits per heavy atom. The quantitative estimate of drug-likeness (QED) is 0.437. The fourth-order valence-corrected chi connectivity index (χ4v) is 3.91. The third-order valence-electron chi connectivity index (χ3n) is 5.11. The molecule has 162 valence electrons. The molecule has 0 atom stereocenters. The number of hydrogen-bond acceptors (Lipinski definition) is 5. The molecule has 8 heteroatoms. The number of carbonyl (C=O) groups excluding carboxylic acids is 1. The van der Waals surface area contributed by atoms with E-state index in [1.54, 1.807) is 23.2 Å². The molecule has 0 unspecified atom stereocenters. The number of nitrogens with zero attached hydrogens (tertiary/aromatic N) is 4. The van der Waals surface area contributed by atoms with Crippen LogP contribution >= 0.6 is 11.8 Å². The summed E-state index contributed by atoms with van der Waals surface area (Å²) in [5.41, 5.74) is 5.01. The number of anilines is 1. The standard InChI is InChI=1S/C24H23N5O2S/c1-17-6-11-21(13-18(17)2)29-16-25-27-24(29)32-15-22(30)26-20-9-7-19(8-10-20)14-28-12-4-3-5-23(28)31/h3-13,16H,14-15H2,1-2H3,(H,26,30). The van der Waals surface area contributed by atoms with Crippen LogP contribution in [-0.4, -0.2) is 31.0 Å². The van der Waals surface area contributed by atoms with Gasteiger partial charge in [0, 0.05) is 23.6 Å². The van der Waals surface area contributed by atoms with E-state index in [4.69, 9.17) is 0 Å². The number of pyridine rings is 1. The predicted molar refractivity (Wildman–Crippen MR) is 126 cm³/mol. The highest BCUT2D eigenvalue weighted by Gasteiger charge is 2.11. The zero-order chi connectivity index (χ0) is 22.5. The molecule has 0 saturated heterocycles. The predicted octanol–water partition coefficient (Wildman–Crippen LogP) is 3.82. The van der Waals surface area contributed by atoms with E-state index in [1.165, 1.54) is 29.0 Å². The van der Waals surface area contributed by atoms with E-state index < -0.39 is 0 Å². The lowest BCUT2D eigenvalue weighted by Gasteiger charge is -2.09. The molecule has 32 heavy (non-hydrogen) atoms. The monoisotopic (exact) mass is 445 g/mol. The number of aromatic nitrogens is 4. The van der Waals surface area contributed by atoms with Crippen molar-refractivity contribution in [1.82, 2.24) is 19.3 Å². The SMILES string of the molecule is Cc1ccc(-n2cnnc2SCC(=O)Nc2ccc(Cn3ccccc3=O)cc2)cc1C. The van der Waals surface area contributed by atoms with Crippen molar-refractivity contribution >= 4 is 23.4 Å². The van der Waals surface area contributed by atoms with E-state index in [2.05, 4.69) is 41.5 Å². The van der Waals surface area contributed by atoms with E-state index in [0.29, 0.717) is 17.4 Å². The zero-order valence-corrected chi connectivity index (χ0v) is 18.7. The van der Waals surface area contributed by atoms with Gasteiger partial charge in [-0.25, -0.2) is 0 Å². The van der Waals surface area contributed by atoms with Gasteiger partial charge in [-0.05, 0) is 60.9 Å². The Kier molecular flexibility index (Phi) is 6.51. The molecular weight excluding hydrogens is 422 g/mol. The summed E-state index contributed by atoms with van der Waals surface area (Å²) in [7, 11) is 0. The van der Waals surface area contributed by atoms with Crippen LogP contribution in [0.25, 0.3) is 5.69 Å². The molecule has 4 aromatic rings. The smallest absolute Gasteiger partial charge is 0.250 e. The van der Waals surface area contributed by atoms with E-state index in [-0.39, 0.29) is 17.2 Å². The number of hydrogen-bond donors (Lipinski definition) is 1. The molecule has 2 heterocycles. The summed E-state index contributed by atoms with van der Waals surface area (Å²) in [5, 5.41) is 11.7. The molecule has 0 aliphatic rings. The lowest BCUT2D eigenvalue weighted by molar-refractivity contribution is -0.113. The number of amides is 1. The third kappa shape index (κ3) is 5.15. The highest BCUT2D eigenvalue weighted by atomic mass is 32.2. The average molecular weight is 446 g/mol. The van der Waals surface area contributed by atoms with Crippen LogP contribution in [0.1, 0.15) is 16.7 Å². The second kappa shape index (κ2) is 9.65. The lowest BCUT2D eigenvalue weighted by Crippen LogP contribution is -2.18. The molecule has 0 spiro atoms. The van der Waals surface area contributed by atoms with Crippen molar-refractivity contribution in [3.8, 4) is 5.69 Å². The number of thioether (sulfide) groups is 1.